The van der Waals surface area contributed by atoms with Crippen molar-refractivity contribution in [2.75, 3.05) is 0 Å². The lowest BCUT2D eigenvalue weighted by Crippen LogP contribution is -2.15. The average molecular weight is 126 g/mol. The topological polar surface area (TPSA) is 20.2 Å². The van der Waals surface area contributed by atoms with Gasteiger partial charge in [-0.2, -0.15) is 0 Å². The van der Waals surface area contributed by atoms with Crippen LogP contribution in [0.5, 0.6) is 0 Å². The summed E-state index contributed by atoms with van der Waals surface area (Å²) in [7, 11) is 0. The number of aliphatic hydroxyl groups excluding tert-OH is 1. The molecule has 0 saturated heterocycles. The number of hydrogen-bond acceptors (Lipinski definition) is 1. The van der Waals surface area contributed by atoms with Crippen LogP contribution in [0.3, 0.4) is 0 Å². The molecular formula is C8H14O. The summed E-state index contributed by atoms with van der Waals surface area (Å²) < 4.78 is 0. The van der Waals surface area contributed by atoms with Crippen LogP contribution in [-0.4, -0.2) is 11.2 Å². The van der Waals surface area contributed by atoms with Crippen molar-refractivity contribution in [3.63, 3.8) is 0 Å². The second kappa shape index (κ2) is 2.53. The first-order valence-electron chi connectivity index (χ1n) is 3.56. The van der Waals surface area contributed by atoms with Crippen LogP contribution in [0.4, 0.5) is 0 Å². The molecule has 0 radical (unpaired) electrons. The van der Waals surface area contributed by atoms with E-state index in [9.17, 15) is 5.11 Å². The van der Waals surface area contributed by atoms with Crippen molar-refractivity contribution in [2.24, 2.45) is 5.92 Å². The minimum atomic E-state index is -0.152. The van der Waals surface area contributed by atoms with Crippen LogP contribution in [0, 0.1) is 5.92 Å². The summed E-state index contributed by atoms with van der Waals surface area (Å²) in [5.41, 5.74) is 1.15. The quantitative estimate of drug-likeness (QED) is 0.490. The van der Waals surface area contributed by atoms with E-state index in [4.69, 9.17) is 0 Å². The Bertz CT molecular complexity index is 127. The fourth-order valence-electron chi connectivity index (χ4n) is 1.29. The summed E-state index contributed by atoms with van der Waals surface area (Å²) in [6.07, 6.45) is 4.09. The highest BCUT2D eigenvalue weighted by Gasteiger charge is 2.14. The molecule has 1 heteroatoms. The first kappa shape index (κ1) is 6.81. The number of hydrogen-bond donors (Lipinski definition) is 1. The lowest BCUT2D eigenvalue weighted by atomic mass is 9.91. The van der Waals surface area contributed by atoms with E-state index < -0.39 is 0 Å². The monoisotopic (exact) mass is 126 g/mol. The molecule has 0 saturated carbocycles. The van der Waals surface area contributed by atoms with Gasteiger partial charge in [-0.25, -0.2) is 0 Å². The third kappa shape index (κ3) is 1.55. The highest BCUT2D eigenvalue weighted by Crippen LogP contribution is 2.21. The molecule has 2 atom stereocenters. The van der Waals surface area contributed by atoms with Gasteiger partial charge in [0.1, 0.15) is 0 Å². The van der Waals surface area contributed by atoms with Crippen molar-refractivity contribution in [1.82, 2.24) is 0 Å². The zero-order chi connectivity index (χ0) is 6.85. The van der Waals surface area contributed by atoms with Gasteiger partial charge in [-0.15, -0.1) is 0 Å². The molecule has 1 N–H and O–H groups in total. The molecule has 0 fully saturated rings. The van der Waals surface area contributed by atoms with Crippen LogP contribution in [0.15, 0.2) is 11.6 Å². The predicted octanol–water partition coefficient (Wildman–Crippen LogP) is 1.72. The van der Waals surface area contributed by atoms with Crippen LogP contribution >= 0.6 is 0 Å². The van der Waals surface area contributed by atoms with Gasteiger partial charge >= 0.3 is 0 Å². The molecule has 52 valence electrons. The van der Waals surface area contributed by atoms with Gasteiger partial charge in [0.15, 0.2) is 0 Å². The zero-order valence-corrected chi connectivity index (χ0v) is 6.09. The Labute approximate surface area is 56.4 Å². The Kier molecular flexibility index (Phi) is 1.91. The largest absolute Gasteiger partial charge is 0.389 e. The van der Waals surface area contributed by atoms with Crippen LogP contribution in [0.2, 0.25) is 0 Å². The fraction of sp³-hybridized carbons (Fsp3) is 0.750. The van der Waals surface area contributed by atoms with E-state index in [0.717, 1.165) is 18.4 Å². The Hall–Kier alpha value is -0.300. The lowest BCUT2D eigenvalue weighted by Gasteiger charge is -2.20. The van der Waals surface area contributed by atoms with E-state index in [0.29, 0.717) is 5.92 Å². The normalized spacial score (nSPS) is 36.1. The Balaban J connectivity index is 2.61. The molecule has 1 aliphatic rings. The molecule has 9 heavy (non-hydrogen) atoms. The molecule has 0 unspecified atom stereocenters. The Morgan fingerprint density at radius 3 is 2.67 bits per heavy atom. The van der Waals surface area contributed by atoms with Crippen molar-refractivity contribution in [1.29, 1.82) is 0 Å². The third-order valence-electron chi connectivity index (χ3n) is 1.97. The first-order valence-corrected chi connectivity index (χ1v) is 3.56. The van der Waals surface area contributed by atoms with E-state index in [1.54, 1.807) is 0 Å². The zero-order valence-electron chi connectivity index (χ0n) is 6.09. The fourth-order valence-corrected chi connectivity index (χ4v) is 1.29. The maximum Gasteiger partial charge on any atom is 0.0747 e. The molecule has 0 amide bonds. The lowest BCUT2D eigenvalue weighted by molar-refractivity contribution is 0.183. The molecular weight excluding hydrogens is 112 g/mol. The maximum atomic E-state index is 9.23. The maximum absolute atomic E-state index is 9.23. The summed E-state index contributed by atoms with van der Waals surface area (Å²) in [5.74, 6) is 0.674. The van der Waals surface area contributed by atoms with E-state index in [1.807, 2.05) is 6.92 Å². The number of allylic oxidation sites excluding steroid dienone is 1. The van der Waals surface area contributed by atoms with Gasteiger partial charge in [0.2, 0.25) is 0 Å². The standard InChI is InChI=1S/C8H14O/c1-6-3-4-8(9)7(2)5-6/h5-6,8-9H,3-4H2,1-2H3/t6-,8+/m1/s1. The number of aliphatic hydroxyl groups is 1. The van der Waals surface area contributed by atoms with Gasteiger partial charge in [0.05, 0.1) is 6.10 Å². The third-order valence-corrected chi connectivity index (χ3v) is 1.97. The van der Waals surface area contributed by atoms with Gasteiger partial charge < -0.3 is 5.11 Å². The molecule has 0 aromatic carbocycles. The molecule has 0 bridgehead atoms. The number of rotatable bonds is 0. The predicted molar refractivity (Wildman–Crippen MR) is 38.2 cm³/mol. The van der Waals surface area contributed by atoms with Crippen LogP contribution in [-0.2, 0) is 0 Å². The Morgan fingerprint density at radius 1 is 1.56 bits per heavy atom. The van der Waals surface area contributed by atoms with Crippen molar-refractivity contribution in [2.45, 2.75) is 32.8 Å². The average Bonchev–Trinajstić information content (AvgIpc) is 1.80. The summed E-state index contributed by atoms with van der Waals surface area (Å²) in [6, 6.07) is 0. The second-order valence-corrected chi connectivity index (χ2v) is 2.98. The first-order chi connectivity index (χ1) is 4.20. The van der Waals surface area contributed by atoms with Gasteiger partial charge in [0.25, 0.3) is 0 Å². The molecule has 0 aliphatic heterocycles. The van der Waals surface area contributed by atoms with Gasteiger partial charge in [-0.3, -0.25) is 0 Å². The highest BCUT2D eigenvalue weighted by molar-refractivity contribution is 5.09. The van der Waals surface area contributed by atoms with Crippen LogP contribution in [0.25, 0.3) is 0 Å². The van der Waals surface area contributed by atoms with Crippen molar-refractivity contribution < 1.29 is 5.11 Å². The molecule has 1 rings (SSSR count). The van der Waals surface area contributed by atoms with Gasteiger partial charge in [-0.1, -0.05) is 13.0 Å². The van der Waals surface area contributed by atoms with E-state index in [1.165, 1.54) is 0 Å². The van der Waals surface area contributed by atoms with E-state index >= 15 is 0 Å². The van der Waals surface area contributed by atoms with Gasteiger partial charge in [0, 0.05) is 0 Å². The summed E-state index contributed by atoms with van der Waals surface area (Å²) in [4.78, 5) is 0. The second-order valence-electron chi connectivity index (χ2n) is 2.98. The minimum Gasteiger partial charge on any atom is -0.389 e. The van der Waals surface area contributed by atoms with Gasteiger partial charge in [-0.05, 0) is 31.3 Å². The summed E-state index contributed by atoms with van der Waals surface area (Å²) in [6.45, 7) is 4.19. The van der Waals surface area contributed by atoms with Crippen LogP contribution < -0.4 is 0 Å². The summed E-state index contributed by atoms with van der Waals surface area (Å²) in [5, 5.41) is 9.23. The molecule has 0 aromatic rings. The van der Waals surface area contributed by atoms with E-state index in [2.05, 4.69) is 13.0 Å². The molecule has 0 heterocycles. The van der Waals surface area contributed by atoms with E-state index in [-0.39, 0.29) is 6.10 Å². The highest BCUT2D eigenvalue weighted by atomic mass is 16.3. The van der Waals surface area contributed by atoms with Crippen molar-refractivity contribution in [3.05, 3.63) is 11.6 Å². The Morgan fingerprint density at radius 2 is 2.22 bits per heavy atom. The molecule has 1 aliphatic carbocycles. The van der Waals surface area contributed by atoms with Crippen molar-refractivity contribution in [3.8, 4) is 0 Å². The molecule has 1 nitrogen and oxygen atoms in total. The SMILES string of the molecule is CC1=C[C@H](C)CC[C@@H]1O. The van der Waals surface area contributed by atoms with Crippen molar-refractivity contribution >= 4 is 0 Å². The molecule has 0 aromatic heterocycles. The van der Waals surface area contributed by atoms with Crippen LogP contribution in [0.1, 0.15) is 26.7 Å². The minimum absolute atomic E-state index is 0.152. The molecule has 0 spiro atoms. The summed E-state index contributed by atoms with van der Waals surface area (Å²) >= 11 is 0. The smallest absolute Gasteiger partial charge is 0.0747 e.